The van der Waals surface area contributed by atoms with Gasteiger partial charge in [0.25, 0.3) is 0 Å². The summed E-state index contributed by atoms with van der Waals surface area (Å²) in [5.74, 6) is -0.723. The molecule has 1 atom stereocenters. The van der Waals surface area contributed by atoms with E-state index >= 15 is 0 Å². The molecule has 1 amide bonds. The third kappa shape index (κ3) is 4.11. The van der Waals surface area contributed by atoms with Gasteiger partial charge in [-0.3, -0.25) is 4.79 Å². The highest BCUT2D eigenvalue weighted by molar-refractivity contribution is 7.89. The Bertz CT molecular complexity index is 1020. The Balaban J connectivity index is 1.42. The number of hydrogen-bond donors (Lipinski definition) is 0. The number of hydrogen-bond acceptors (Lipinski definition) is 3. The van der Waals surface area contributed by atoms with Crippen molar-refractivity contribution >= 4 is 27.5 Å². The Morgan fingerprint density at radius 3 is 2.37 bits per heavy atom. The van der Waals surface area contributed by atoms with Crippen LogP contribution in [0.2, 0.25) is 5.02 Å². The summed E-state index contributed by atoms with van der Waals surface area (Å²) in [6.45, 7) is 1.26. The second-order valence-corrected chi connectivity index (χ2v) is 10.2. The first kappa shape index (κ1) is 21.3. The molecule has 2 heterocycles. The Morgan fingerprint density at radius 1 is 1.00 bits per heavy atom. The van der Waals surface area contributed by atoms with E-state index in [1.54, 1.807) is 0 Å². The zero-order chi connectivity index (χ0) is 21.3. The average molecular weight is 451 g/mol. The number of halogens is 2. The third-order valence-electron chi connectivity index (χ3n) is 6.05. The Labute approximate surface area is 181 Å². The van der Waals surface area contributed by atoms with Crippen molar-refractivity contribution in [3.8, 4) is 0 Å². The van der Waals surface area contributed by atoms with Crippen LogP contribution >= 0.6 is 11.6 Å². The van der Waals surface area contributed by atoms with Crippen LogP contribution in [0.1, 0.15) is 37.3 Å². The van der Waals surface area contributed by atoms with Gasteiger partial charge < -0.3 is 4.90 Å². The SMILES string of the molecule is O=C(C1CCN(S(=O)(=O)c2ccc(F)c(Cl)c2)CC1)N1CCC[C@@H]1c1ccccc1. The largest absolute Gasteiger partial charge is 0.335 e. The molecule has 0 aliphatic carbocycles. The van der Waals surface area contributed by atoms with Crippen molar-refractivity contribution in [2.45, 2.75) is 36.6 Å². The number of carbonyl (C=O) groups excluding carboxylic acids is 1. The summed E-state index contributed by atoms with van der Waals surface area (Å²) >= 11 is 5.75. The van der Waals surface area contributed by atoms with Gasteiger partial charge in [-0.1, -0.05) is 41.9 Å². The minimum atomic E-state index is -3.77. The van der Waals surface area contributed by atoms with E-state index in [0.29, 0.717) is 12.8 Å². The predicted molar refractivity (Wildman–Crippen MR) is 113 cm³/mol. The number of nitrogens with zero attached hydrogens (tertiary/aromatic N) is 2. The maximum absolute atomic E-state index is 13.4. The van der Waals surface area contributed by atoms with Crippen molar-refractivity contribution in [1.29, 1.82) is 0 Å². The highest BCUT2D eigenvalue weighted by Crippen LogP contribution is 2.35. The van der Waals surface area contributed by atoms with E-state index < -0.39 is 15.8 Å². The molecule has 2 saturated heterocycles. The van der Waals surface area contributed by atoms with Crippen LogP contribution in [-0.2, 0) is 14.8 Å². The standard InChI is InChI=1S/C22H24ClFN2O3S/c23-19-15-18(8-9-20(19)24)30(28,29)25-13-10-17(11-14-25)22(27)26-12-4-7-21(26)16-5-2-1-3-6-16/h1-3,5-6,8-9,15,17,21H,4,7,10-14H2/t21-/m1/s1. The molecule has 2 aromatic carbocycles. The van der Waals surface area contributed by atoms with Crippen molar-refractivity contribution in [2.24, 2.45) is 5.92 Å². The number of piperidine rings is 1. The maximum atomic E-state index is 13.4. The highest BCUT2D eigenvalue weighted by atomic mass is 35.5. The van der Waals surface area contributed by atoms with E-state index in [9.17, 15) is 17.6 Å². The Morgan fingerprint density at radius 2 is 1.70 bits per heavy atom. The van der Waals surface area contributed by atoms with Gasteiger partial charge in [-0.2, -0.15) is 4.31 Å². The monoisotopic (exact) mass is 450 g/mol. The first-order valence-corrected chi connectivity index (χ1v) is 12.0. The van der Waals surface area contributed by atoms with E-state index in [0.717, 1.165) is 37.1 Å². The lowest BCUT2D eigenvalue weighted by molar-refractivity contribution is -0.137. The molecule has 8 heteroatoms. The third-order valence-corrected chi connectivity index (χ3v) is 8.24. The molecule has 160 valence electrons. The van der Waals surface area contributed by atoms with Crippen LogP contribution in [0.4, 0.5) is 4.39 Å². The lowest BCUT2D eigenvalue weighted by atomic mass is 9.95. The van der Waals surface area contributed by atoms with Crippen LogP contribution in [0.3, 0.4) is 0 Å². The van der Waals surface area contributed by atoms with Crippen LogP contribution in [0.25, 0.3) is 0 Å². The van der Waals surface area contributed by atoms with Crippen molar-refractivity contribution in [2.75, 3.05) is 19.6 Å². The lowest BCUT2D eigenvalue weighted by Gasteiger charge is -2.34. The van der Waals surface area contributed by atoms with E-state index in [1.807, 2.05) is 23.1 Å². The smallest absolute Gasteiger partial charge is 0.243 e. The fraction of sp³-hybridized carbons (Fsp3) is 0.409. The van der Waals surface area contributed by atoms with Gasteiger partial charge in [0, 0.05) is 25.6 Å². The molecule has 30 heavy (non-hydrogen) atoms. The Hall–Kier alpha value is -1.96. The van der Waals surface area contributed by atoms with Crippen LogP contribution in [-0.4, -0.2) is 43.2 Å². The minimum absolute atomic E-state index is 0.0256. The fourth-order valence-corrected chi connectivity index (χ4v) is 6.16. The quantitative estimate of drug-likeness (QED) is 0.699. The average Bonchev–Trinajstić information content (AvgIpc) is 3.25. The number of sulfonamides is 1. The zero-order valence-corrected chi connectivity index (χ0v) is 18.1. The number of amides is 1. The molecule has 4 rings (SSSR count). The molecule has 0 unspecified atom stereocenters. The molecule has 2 aliphatic rings. The summed E-state index contributed by atoms with van der Waals surface area (Å²) in [7, 11) is -3.77. The van der Waals surface area contributed by atoms with Gasteiger partial charge in [0.05, 0.1) is 16.0 Å². The van der Waals surface area contributed by atoms with Gasteiger partial charge >= 0.3 is 0 Å². The van der Waals surface area contributed by atoms with Crippen LogP contribution in [0.5, 0.6) is 0 Å². The van der Waals surface area contributed by atoms with Crippen LogP contribution in [0, 0.1) is 11.7 Å². The molecule has 2 fully saturated rings. The first-order chi connectivity index (χ1) is 14.4. The molecule has 0 aromatic heterocycles. The second kappa shape index (κ2) is 8.65. The summed E-state index contributed by atoms with van der Waals surface area (Å²) in [6.07, 6.45) is 2.88. The van der Waals surface area contributed by atoms with Crippen molar-refractivity contribution in [1.82, 2.24) is 9.21 Å². The summed E-state index contributed by atoms with van der Waals surface area (Å²) in [4.78, 5) is 15.1. The predicted octanol–water partition coefficient (Wildman–Crippen LogP) is 4.24. The van der Waals surface area contributed by atoms with Gasteiger partial charge in [-0.25, -0.2) is 12.8 Å². The van der Waals surface area contributed by atoms with E-state index in [1.165, 1.54) is 10.4 Å². The molecule has 5 nitrogen and oxygen atoms in total. The summed E-state index contributed by atoms with van der Waals surface area (Å²) in [6, 6.07) is 13.6. The molecule has 0 spiro atoms. The van der Waals surface area contributed by atoms with E-state index in [4.69, 9.17) is 11.6 Å². The molecule has 0 saturated carbocycles. The van der Waals surface area contributed by atoms with Crippen molar-refractivity contribution in [3.63, 3.8) is 0 Å². The lowest BCUT2D eigenvalue weighted by Crippen LogP contribution is -2.44. The van der Waals surface area contributed by atoms with Crippen molar-refractivity contribution < 1.29 is 17.6 Å². The minimum Gasteiger partial charge on any atom is -0.335 e. The van der Waals surface area contributed by atoms with Crippen LogP contribution < -0.4 is 0 Å². The molecule has 2 aliphatic heterocycles. The first-order valence-electron chi connectivity index (χ1n) is 10.2. The highest BCUT2D eigenvalue weighted by Gasteiger charge is 2.37. The summed E-state index contributed by atoms with van der Waals surface area (Å²) < 4.78 is 40.5. The van der Waals surface area contributed by atoms with Gasteiger partial charge in [-0.15, -0.1) is 0 Å². The molecule has 0 bridgehead atoms. The van der Waals surface area contributed by atoms with E-state index in [-0.39, 0.29) is 40.9 Å². The fourth-order valence-electron chi connectivity index (χ4n) is 4.42. The zero-order valence-electron chi connectivity index (χ0n) is 16.5. The topological polar surface area (TPSA) is 57.7 Å². The summed E-state index contributed by atoms with van der Waals surface area (Å²) in [5.41, 5.74) is 1.15. The van der Waals surface area contributed by atoms with Gasteiger partial charge in [-0.05, 0) is 49.4 Å². The summed E-state index contributed by atoms with van der Waals surface area (Å²) in [5, 5.41) is -0.220. The number of carbonyl (C=O) groups is 1. The molecule has 2 aromatic rings. The number of benzene rings is 2. The molecular formula is C22H24ClFN2O3S. The van der Waals surface area contributed by atoms with Gasteiger partial charge in [0.15, 0.2) is 0 Å². The molecule has 0 radical (unpaired) electrons. The molecule has 0 N–H and O–H groups in total. The van der Waals surface area contributed by atoms with Gasteiger partial charge in [0.1, 0.15) is 5.82 Å². The number of rotatable bonds is 4. The Kier molecular flexibility index (Phi) is 6.14. The van der Waals surface area contributed by atoms with Crippen LogP contribution in [0.15, 0.2) is 53.4 Å². The molecular weight excluding hydrogens is 427 g/mol. The number of likely N-dealkylation sites (tertiary alicyclic amines) is 1. The van der Waals surface area contributed by atoms with Crippen molar-refractivity contribution in [3.05, 3.63) is 64.9 Å². The normalized spacial score (nSPS) is 21.1. The second-order valence-electron chi connectivity index (χ2n) is 7.85. The van der Waals surface area contributed by atoms with Gasteiger partial charge in [0.2, 0.25) is 15.9 Å². The maximum Gasteiger partial charge on any atom is 0.243 e. The van der Waals surface area contributed by atoms with E-state index in [2.05, 4.69) is 12.1 Å².